The largest absolute Gasteiger partial charge is 0.469 e. The molecule has 100 valence electrons. The van der Waals surface area contributed by atoms with Crippen LogP contribution in [0.15, 0.2) is 18.2 Å². The van der Waals surface area contributed by atoms with E-state index in [0.29, 0.717) is 29.2 Å². The molecule has 0 atom stereocenters. The summed E-state index contributed by atoms with van der Waals surface area (Å²) in [6, 6.07) is 4.75. The van der Waals surface area contributed by atoms with Gasteiger partial charge >= 0.3 is 5.97 Å². The average Bonchev–Trinajstić information content (AvgIpc) is 2.63. The van der Waals surface area contributed by atoms with E-state index < -0.39 is 11.7 Å². The summed E-state index contributed by atoms with van der Waals surface area (Å²) in [6.45, 7) is 0.300. The maximum atomic E-state index is 11.8. The topological polar surface area (TPSA) is 63.7 Å². The molecule has 2 rings (SSSR count). The van der Waals surface area contributed by atoms with Crippen LogP contribution in [0.25, 0.3) is 0 Å². The molecule has 0 aromatic heterocycles. The van der Waals surface area contributed by atoms with Crippen LogP contribution in [0.4, 0.5) is 5.69 Å². The van der Waals surface area contributed by atoms with Gasteiger partial charge in [-0.2, -0.15) is 0 Å². The number of rotatable bonds is 4. The van der Waals surface area contributed by atoms with Gasteiger partial charge in [-0.3, -0.25) is 14.4 Å². The minimum absolute atomic E-state index is 0.206. The number of hydrogen-bond donors (Lipinski definition) is 0. The van der Waals surface area contributed by atoms with E-state index in [1.54, 1.807) is 12.1 Å². The predicted octanol–water partition coefficient (Wildman–Crippen LogP) is 1.82. The molecule has 0 saturated carbocycles. The van der Waals surface area contributed by atoms with E-state index in [9.17, 15) is 14.4 Å². The lowest BCUT2D eigenvalue weighted by Crippen LogP contribution is -2.31. The molecule has 1 aliphatic heterocycles. The number of fused-ring (bicyclic) bond motifs is 1. The summed E-state index contributed by atoms with van der Waals surface area (Å²) in [6.07, 6.45) is 0.644. The molecule has 1 amide bonds. The molecule has 0 bridgehead atoms. The van der Waals surface area contributed by atoms with Gasteiger partial charge in [-0.05, 0) is 24.6 Å². The first-order valence-electron chi connectivity index (χ1n) is 5.77. The number of halogens is 1. The number of carbonyl (C=O) groups is 3. The first-order chi connectivity index (χ1) is 9.04. The van der Waals surface area contributed by atoms with Crippen molar-refractivity contribution in [3.05, 3.63) is 28.8 Å². The quantitative estimate of drug-likeness (QED) is 0.624. The van der Waals surface area contributed by atoms with E-state index >= 15 is 0 Å². The maximum Gasteiger partial charge on any atom is 0.305 e. The van der Waals surface area contributed by atoms with Crippen molar-refractivity contribution in [2.24, 2.45) is 0 Å². The minimum Gasteiger partial charge on any atom is -0.469 e. The van der Waals surface area contributed by atoms with Crippen molar-refractivity contribution >= 4 is 34.9 Å². The number of methoxy groups -OCH3 is 1. The normalized spacial score (nSPS) is 13.7. The molecule has 0 N–H and O–H groups in total. The summed E-state index contributed by atoms with van der Waals surface area (Å²) in [5.41, 5.74) is 0.861. The number of ether oxygens (including phenoxy) is 1. The van der Waals surface area contributed by atoms with E-state index in [-0.39, 0.29) is 12.4 Å². The monoisotopic (exact) mass is 281 g/mol. The molecule has 1 aromatic carbocycles. The highest BCUT2D eigenvalue weighted by Crippen LogP contribution is 2.31. The zero-order valence-electron chi connectivity index (χ0n) is 10.3. The molecular formula is C13H12ClNO4. The Morgan fingerprint density at radius 1 is 1.37 bits per heavy atom. The van der Waals surface area contributed by atoms with E-state index in [1.807, 2.05) is 0 Å². The minimum atomic E-state index is -0.581. The van der Waals surface area contributed by atoms with Gasteiger partial charge in [0.25, 0.3) is 11.7 Å². The highest BCUT2D eigenvalue weighted by Gasteiger charge is 2.35. The molecule has 0 unspecified atom stereocenters. The number of carbonyl (C=O) groups excluding carboxylic acids is 3. The number of ketones is 1. The van der Waals surface area contributed by atoms with Crippen LogP contribution in [0.5, 0.6) is 0 Å². The third kappa shape index (κ3) is 2.61. The molecule has 0 fully saturated rings. The Labute approximate surface area is 115 Å². The third-order valence-corrected chi connectivity index (χ3v) is 3.16. The lowest BCUT2D eigenvalue weighted by molar-refractivity contribution is -0.140. The predicted molar refractivity (Wildman–Crippen MR) is 69.4 cm³/mol. The van der Waals surface area contributed by atoms with Crippen molar-refractivity contribution < 1.29 is 19.1 Å². The average molecular weight is 282 g/mol. The van der Waals surface area contributed by atoms with Gasteiger partial charge in [0.15, 0.2) is 0 Å². The molecule has 5 nitrogen and oxygen atoms in total. The van der Waals surface area contributed by atoms with E-state index in [4.69, 9.17) is 11.6 Å². The van der Waals surface area contributed by atoms with Gasteiger partial charge in [-0.1, -0.05) is 11.6 Å². The number of amides is 1. The number of benzene rings is 1. The van der Waals surface area contributed by atoms with Crippen molar-refractivity contribution in [2.75, 3.05) is 18.6 Å². The molecule has 0 spiro atoms. The molecule has 6 heteroatoms. The van der Waals surface area contributed by atoms with Crippen molar-refractivity contribution in [2.45, 2.75) is 12.8 Å². The molecule has 1 aliphatic rings. The molecule has 19 heavy (non-hydrogen) atoms. The van der Waals surface area contributed by atoms with Crippen molar-refractivity contribution in [1.29, 1.82) is 0 Å². The van der Waals surface area contributed by atoms with E-state index in [2.05, 4.69) is 4.74 Å². The smallest absolute Gasteiger partial charge is 0.305 e. The zero-order chi connectivity index (χ0) is 14.0. The number of hydrogen-bond acceptors (Lipinski definition) is 4. The Morgan fingerprint density at radius 3 is 2.79 bits per heavy atom. The van der Waals surface area contributed by atoms with E-state index in [1.165, 1.54) is 18.1 Å². The first-order valence-corrected chi connectivity index (χ1v) is 6.15. The van der Waals surface area contributed by atoms with Gasteiger partial charge < -0.3 is 9.64 Å². The fourth-order valence-electron chi connectivity index (χ4n) is 1.98. The maximum absolute atomic E-state index is 11.8. The number of Topliss-reactive ketones (excluding diaryl/α,β-unsaturated/α-hetero) is 1. The first kappa shape index (κ1) is 13.5. The van der Waals surface area contributed by atoms with Crippen LogP contribution in [-0.2, 0) is 14.3 Å². The van der Waals surface area contributed by atoms with Gasteiger partial charge in [-0.25, -0.2) is 0 Å². The highest BCUT2D eigenvalue weighted by atomic mass is 35.5. The molecule has 0 radical (unpaired) electrons. The van der Waals surface area contributed by atoms with Crippen molar-refractivity contribution in [1.82, 2.24) is 0 Å². The molecule has 1 heterocycles. The fraction of sp³-hybridized carbons (Fsp3) is 0.308. The summed E-state index contributed by atoms with van der Waals surface area (Å²) in [4.78, 5) is 36.0. The van der Waals surface area contributed by atoms with Crippen LogP contribution in [0.3, 0.4) is 0 Å². The number of nitrogens with zero attached hydrogens (tertiary/aromatic N) is 1. The Bertz CT molecular complexity index is 556. The van der Waals surface area contributed by atoms with Gasteiger partial charge in [0, 0.05) is 18.0 Å². The number of esters is 1. The standard InChI is InChI=1S/C13H12ClNO4/c1-19-11(16)3-2-6-15-10-5-4-8(14)7-9(10)12(17)13(15)18/h4-5,7H,2-3,6H2,1H3. The lowest BCUT2D eigenvalue weighted by Gasteiger charge is -2.15. The van der Waals surface area contributed by atoms with Crippen LogP contribution in [0, 0.1) is 0 Å². The van der Waals surface area contributed by atoms with Crippen molar-refractivity contribution in [3.8, 4) is 0 Å². The summed E-state index contributed by atoms with van der Waals surface area (Å²) in [5, 5.41) is 0.413. The van der Waals surface area contributed by atoms with E-state index in [0.717, 1.165) is 0 Å². The fourth-order valence-corrected chi connectivity index (χ4v) is 2.15. The molecule has 1 aromatic rings. The summed E-state index contributed by atoms with van der Waals surface area (Å²) in [5.74, 6) is -1.48. The Morgan fingerprint density at radius 2 is 2.11 bits per heavy atom. The second kappa shape index (κ2) is 5.40. The lowest BCUT2D eigenvalue weighted by atomic mass is 10.1. The van der Waals surface area contributed by atoms with Gasteiger partial charge in [0.1, 0.15) is 0 Å². The second-order valence-electron chi connectivity index (χ2n) is 4.13. The van der Waals surface area contributed by atoms with Crippen LogP contribution in [0.2, 0.25) is 5.02 Å². The Hall–Kier alpha value is -1.88. The van der Waals surface area contributed by atoms with Crippen LogP contribution >= 0.6 is 11.6 Å². The number of anilines is 1. The van der Waals surface area contributed by atoms with Crippen LogP contribution in [-0.4, -0.2) is 31.3 Å². The SMILES string of the molecule is COC(=O)CCCN1C(=O)C(=O)c2cc(Cl)ccc21. The van der Waals surface area contributed by atoms with Crippen LogP contribution < -0.4 is 4.90 Å². The summed E-state index contributed by atoms with van der Waals surface area (Å²) < 4.78 is 4.52. The van der Waals surface area contributed by atoms with Crippen LogP contribution in [0.1, 0.15) is 23.2 Å². The summed E-state index contributed by atoms with van der Waals surface area (Å²) >= 11 is 5.81. The van der Waals surface area contributed by atoms with Gasteiger partial charge in [0.2, 0.25) is 0 Å². The molecule has 0 aliphatic carbocycles. The summed E-state index contributed by atoms with van der Waals surface area (Å²) in [7, 11) is 1.31. The Balaban J connectivity index is 2.13. The zero-order valence-corrected chi connectivity index (χ0v) is 11.1. The highest BCUT2D eigenvalue weighted by molar-refractivity contribution is 6.52. The van der Waals surface area contributed by atoms with Gasteiger partial charge in [0.05, 0.1) is 18.4 Å². The van der Waals surface area contributed by atoms with Gasteiger partial charge in [-0.15, -0.1) is 0 Å². The molecule has 0 saturated heterocycles. The molecular weight excluding hydrogens is 270 g/mol. The van der Waals surface area contributed by atoms with Crippen molar-refractivity contribution in [3.63, 3.8) is 0 Å². The Kier molecular flexibility index (Phi) is 3.85. The third-order valence-electron chi connectivity index (χ3n) is 2.92. The second-order valence-corrected chi connectivity index (χ2v) is 4.56.